The summed E-state index contributed by atoms with van der Waals surface area (Å²) in [6.07, 6.45) is 0. The minimum Gasteiger partial charge on any atom is -0.480 e. The highest BCUT2D eigenvalue weighted by atomic mass is 16.4. The zero-order valence-corrected chi connectivity index (χ0v) is 10.7. The molecular formula is C13H18N2O3. The molecule has 0 aliphatic rings. The van der Waals surface area contributed by atoms with E-state index in [9.17, 15) is 9.59 Å². The molecule has 0 radical (unpaired) electrons. The highest BCUT2D eigenvalue weighted by Crippen LogP contribution is 2.20. The Morgan fingerprint density at radius 2 is 1.94 bits per heavy atom. The number of anilines is 1. The van der Waals surface area contributed by atoms with Crippen molar-refractivity contribution in [3.8, 4) is 0 Å². The molecule has 1 amide bonds. The Morgan fingerprint density at radius 3 is 2.39 bits per heavy atom. The average Bonchev–Trinajstić information content (AvgIpc) is 2.23. The maximum Gasteiger partial charge on any atom is 0.326 e. The van der Waals surface area contributed by atoms with E-state index in [0.29, 0.717) is 11.3 Å². The number of hydrogen-bond acceptors (Lipinski definition) is 3. The number of carbonyl (C=O) groups excluding carboxylic acids is 1. The summed E-state index contributed by atoms with van der Waals surface area (Å²) in [6, 6.07) is 5.46. The number of carbonyl (C=O) groups is 2. The van der Waals surface area contributed by atoms with Gasteiger partial charge in [-0.1, -0.05) is 26.8 Å². The van der Waals surface area contributed by atoms with Crippen LogP contribution >= 0.6 is 0 Å². The second-order valence-electron chi connectivity index (χ2n) is 5.24. The van der Waals surface area contributed by atoms with Crippen molar-refractivity contribution in [2.75, 3.05) is 5.73 Å². The van der Waals surface area contributed by atoms with Crippen molar-refractivity contribution in [3.63, 3.8) is 0 Å². The molecule has 0 unspecified atom stereocenters. The van der Waals surface area contributed by atoms with Gasteiger partial charge in [-0.25, -0.2) is 4.79 Å². The number of hydrogen-bond donors (Lipinski definition) is 3. The van der Waals surface area contributed by atoms with E-state index in [1.54, 1.807) is 39.0 Å². The third-order valence-corrected chi connectivity index (χ3v) is 2.54. The number of nitrogens with one attached hydrogen (secondary N) is 1. The normalized spacial score (nSPS) is 12.8. The topological polar surface area (TPSA) is 92.4 Å². The Hall–Kier alpha value is -2.04. The highest BCUT2D eigenvalue weighted by molar-refractivity contribution is 5.97. The standard InChI is InChI=1S/C13H18N2O3/c1-13(2,3)10(12(17)18)15-11(16)8-5-4-6-9(14)7-8/h4-7,10H,14H2,1-3H3,(H,15,16)(H,17,18)/t10-/m0/s1. The Bertz CT molecular complexity index is 464. The van der Waals surface area contributed by atoms with Gasteiger partial charge in [-0.2, -0.15) is 0 Å². The first-order valence-corrected chi connectivity index (χ1v) is 5.61. The van der Waals surface area contributed by atoms with Crippen LogP contribution in [0, 0.1) is 5.41 Å². The molecule has 4 N–H and O–H groups in total. The number of aliphatic carboxylic acids is 1. The van der Waals surface area contributed by atoms with E-state index in [0.717, 1.165) is 0 Å². The van der Waals surface area contributed by atoms with Crippen LogP contribution in [0.15, 0.2) is 24.3 Å². The molecule has 0 aliphatic carbocycles. The third-order valence-electron chi connectivity index (χ3n) is 2.54. The summed E-state index contributed by atoms with van der Waals surface area (Å²) in [5, 5.41) is 11.6. The first-order valence-electron chi connectivity index (χ1n) is 5.61. The molecule has 0 saturated carbocycles. The van der Waals surface area contributed by atoms with E-state index in [1.807, 2.05) is 0 Å². The van der Waals surface area contributed by atoms with Crippen LogP contribution in [0.1, 0.15) is 31.1 Å². The van der Waals surface area contributed by atoms with Crippen LogP contribution in [-0.4, -0.2) is 23.0 Å². The molecule has 0 saturated heterocycles. The predicted octanol–water partition coefficient (Wildman–Crippen LogP) is 1.50. The van der Waals surface area contributed by atoms with Gasteiger partial charge in [-0.05, 0) is 23.6 Å². The summed E-state index contributed by atoms with van der Waals surface area (Å²) >= 11 is 0. The number of rotatable bonds is 3. The largest absolute Gasteiger partial charge is 0.480 e. The van der Waals surface area contributed by atoms with Crippen LogP contribution in [0.5, 0.6) is 0 Å². The zero-order chi connectivity index (χ0) is 13.9. The lowest BCUT2D eigenvalue weighted by Crippen LogP contribution is -2.49. The summed E-state index contributed by atoms with van der Waals surface area (Å²) in [5.74, 6) is -1.50. The number of carboxylic acid groups (broad SMARTS) is 1. The van der Waals surface area contributed by atoms with Gasteiger partial charge >= 0.3 is 5.97 Å². The molecule has 0 heterocycles. The summed E-state index contributed by atoms with van der Waals surface area (Å²) < 4.78 is 0. The van der Waals surface area contributed by atoms with E-state index in [-0.39, 0.29) is 0 Å². The average molecular weight is 250 g/mol. The molecule has 1 rings (SSSR count). The molecule has 18 heavy (non-hydrogen) atoms. The van der Waals surface area contributed by atoms with E-state index in [2.05, 4.69) is 5.32 Å². The number of nitrogens with two attached hydrogens (primary N) is 1. The third kappa shape index (κ3) is 3.48. The molecule has 0 aliphatic heterocycles. The van der Waals surface area contributed by atoms with Crippen LogP contribution in [0.2, 0.25) is 0 Å². The number of benzene rings is 1. The molecule has 98 valence electrons. The van der Waals surface area contributed by atoms with Gasteiger partial charge in [0.1, 0.15) is 6.04 Å². The zero-order valence-electron chi connectivity index (χ0n) is 10.7. The molecular weight excluding hydrogens is 232 g/mol. The van der Waals surface area contributed by atoms with Crippen molar-refractivity contribution in [2.24, 2.45) is 5.41 Å². The molecule has 0 bridgehead atoms. The van der Waals surface area contributed by atoms with Gasteiger partial charge in [0.15, 0.2) is 0 Å². The number of carboxylic acids is 1. The first kappa shape index (κ1) is 14.0. The van der Waals surface area contributed by atoms with Gasteiger partial charge in [-0.15, -0.1) is 0 Å². The minimum absolute atomic E-state index is 0.352. The van der Waals surface area contributed by atoms with Crippen LogP contribution in [0.3, 0.4) is 0 Å². The second-order valence-corrected chi connectivity index (χ2v) is 5.24. The molecule has 0 aromatic heterocycles. The van der Waals surface area contributed by atoms with Crippen molar-refractivity contribution in [1.29, 1.82) is 0 Å². The van der Waals surface area contributed by atoms with Crippen molar-refractivity contribution >= 4 is 17.6 Å². The highest BCUT2D eigenvalue weighted by Gasteiger charge is 2.32. The van der Waals surface area contributed by atoms with Gasteiger partial charge in [-0.3, -0.25) is 4.79 Å². The first-order chi connectivity index (χ1) is 8.21. The van der Waals surface area contributed by atoms with Gasteiger partial charge in [0.25, 0.3) is 5.91 Å². The van der Waals surface area contributed by atoms with Crippen molar-refractivity contribution < 1.29 is 14.7 Å². The Morgan fingerprint density at radius 1 is 1.33 bits per heavy atom. The van der Waals surface area contributed by atoms with E-state index in [1.165, 1.54) is 6.07 Å². The predicted molar refractivity (Wildman–Crippen MR) is 69.2 cm³/mol. The van der Waals surface area contributed by atoms with E-state index in [4.69, 9.17) is 10.8 Å². The maximum absolute atomic E-state index is 11.9. The fourth-order valence-corrected chi connectivity index (χ4v) is 1.54. The van der Waals surface area contributed by atoms with Gasteiger partial charge in [0.05, 0.1) is 0 Å². The minimum atomic E-state index is -1.06. The Balaban J connectivity index is 2.89. The summed E-state index contributed by atoms with van der Waals surface area (Å²) in [6.45, 7) is 5.27. The van der Waals surface area contributed by atoms with Crippen LogP contribution in [-0.2, 0) is 4.79 Å². The molecule has 1 atom stereocenters. The molecule has 5 heteroatoms. The monoisotopic (exact) mass is 250 g/mol. The lowest BCUT2D eigenvalue weighted by molar-refractivity contribution is -0.142. The lowest BCUT2D eigenvalue weighted by Gasteiger charge is -2.27. The quantitative estimate of drug-likeness (QED) is 0.709. The second kappa shape index (κ2) is 5.08. The fourth-order valence-electron chi connectivity index (χ4n) is 1.54. The van der Waals surface area contributed by atoms with Crippen LogP contribution in [0.25, 0.3) is 0 Å². The SMILES string of the molecule is CC(C)(C)[C@@H](NC(=O)c1cccc(N)c1)C(=O)O. The Kier molecular flexibility index (Phi) is 3.96. The number of amides is 1. The smallest absolute Gasteiger partial charge is 0.326 e. The van der Waals surface area contributed by atoms with E-state index >= 15 is 0 Å². The van der Waals surface area contributed by atoms with Crippen molar-refractivity contribution in [2.45, 2.75) is 26.8 Å². The summed E-state index contributed by atoms with van der Waals surface area (Å²) in [4.78, 5) is 23.1. The molecule has 1 aromatic carbocycles. The molecule has 1 aromatic rings. The number of nitrogen functional groups attached to an aromatic ring is 1. The summed E-state index contributed by atoms with van der Waals surface area (Å²) in [5.41, 5.74) is 5.82. The summed E-state index contributed by atoms with van der Waals surface area (Å²) in [7, 11) is 0. The fraction of sp³-hybridized carbons (Fsp3) is 0.385. The maximum atomic E-state index is 11.9. The van der Waals surface area contributed by atoms with Gasteiger partial charge in [0, 0.05) is 11.3 Å². The van der Waals surface area contributed by atoms with Crippen molar-refractivity contribution in [1.82, 2.24) is 5.32 Å². The molecule has 5 nitrogen and oxygen atoms in total. The lowest BCUT2D eigenvalue weighted by atomic mass is 9.86. The molecule has 0 fully saturated rings. The van der Waals surface area contributed by atoms with Crippen LogP contribution < -0.4 is 11.1 Å². The van der Waals surface area contributed by atoms with Crippen molar-refractivity contribution in [3.05, 3.63) is 29.8 Å². The van der Waals surface area contributed by atoms with E-state index < -0.39 is 23.3 Å². The van der Waals surface area contributed by atoms with Gasteiger partial charge < -0.3 is 16.2 Å². The molecule has 0 spiro atoms. The Labute approximate surface area is 106 Å². The van der Waals surface area contributed by atoms with Crippen LogP contribution in [0.4, 0.5) is 5.69 Å². The van der Waals surface area contributed by atoms with Gasteiger partial charge in [0.2, 0.25) is 0 Å².